The Balaban J connectivity index is 1.35. The van der Waals surface area contributed by atoms with Crippen LogP contribution in [-0.4, -0.2) is 20.7 Å². The standard InChI is InChI=1S/C42H24BN3O/c1-4-16-30-26(12-1)42(27-13-2-7-21-36(27)47-37-22-8-3-14-28(37)42)29-15-10-20-35-39(29)43(30)31-24-23-25-11-9-19-34-38(25)40(31)46(35)41-44-32-17-5-6-18-33(32)45(34)41/h1-24H. The zero-order valence-electron chi connectivity index (χ0n) is 25.2. The van der Waals surface area contributed by atoms with Crippen molar-refractivity contribution in [3.63, 3.8) is 0 Å². The molecule has 5 heteroatoms. The Labute approximate surface area is 270 Å². The van der Waals surface area contributed by atoms with Crippen LogP contribution in [-0.2, 0) is 5.41 Å². The number of fused-ring (bicyclic) bond motifs is 15. The topological polar surface area (TPSA) is 31.5 Å². The first-order chi connectivity index (χ1) is 23.3. The monoisotopic (exact) mass is 597 g/mol. The number of hydrogen-bond donors (Lipinski definition) is 0. The number of rotatable bonds is 0. The third kappa shape index (κ3) is 2.66. The van der Waals surface area contributed by atoms with Crippen molar-refractivity contribution in [2.24, 2.45) is 0 Å². The van der Waals surface area contributed by atoms with Crippen LogP contribution >= 0.6 is 0 Å². The van der Waals surface area contributed by atoms with Gasteiger partial charge in [-0.05, 0) is 63.8 Å². The van der Waals surface area contributed by atoms with E-state index in [1.165, 1.54) is 66.1 Å². The number of benzene rings is 7. The SMILES string of the molecule is c1ccc2c(c1)Oc1ccccc1C21c2ccccc2B2c3c(cccc31)-n1c3c2ccc2cccc(c23)n2c3ccccc3nc12. The molecule has 1 spiro atoms. The lowest BCUT2D eigenvalue weighted by Crippen LogP contribution is -2.65. The lowest BCUT2D eigenvalue weighted by Gasteiger charge is -2.48. The summed E-state index contributed by atoms with van der Waals surface area (Å²) in [7, 11) is 0. The van der Waals surface area contributed by atoms with Gasteiger partial charge in [-0.3, -0.25) is 8.97 Å². The minimum absolute atomic E-state index is 0.0600. The molecule has 2 aromatic heterocycles. The van der Waals surface area contributed by atoms with Gasteiger partial charge in [0, 0.05) is 22.2 Å². The Morgan fingerprint density at radius 2 is 1.23 bits per heavy atom. The summed E-state index contributed by atoms with van der Waals surface area (Å²) in [5.74, 6) is 2.75. The van der Waals surface area contributed by atoms with Gasteiger partial charge < -0.3 is 4.74 Å². The summed E-state index contributed by atoms with van der Waals surface area (Å²) in [4.78, 5) is 5.35. The van der Waals surface area contributed by atoms with Crippen LogP contribution in [0.1, 0.15) is 22.3 Å². The molecule has 0 amide bonds. The average Bonchev–Trinajstić information content (AvgIpc) is 3.52. The maximum Gasteiger partial charge on any atom is 0.247 e. The van der Waals surface area contributed by atoms with Gasteiger partial charge in [0.2, 0.25) is 12.5 Å². The molecule has 0 atom stereocenters. The van der Waals surface area contributed by atoms with E-state index in [1.54, 1.807) is 0 Å². The normalized spacial score (nSPS) is 14.7. The van der Waals surface area contributed by atoms with Gasteiger partial charge in [0.25, 0.3) is 0 Å². The maximum atomic E-state index is 6.64. The molecule has 7 aromatic carbocycles. The van der Waals surface area contributed by atoms with Crippen LogP contribution in [0.2, 0.25) is 0 Å². The van der Waals surface area contributed by atoms with Gasteiger partial charge in [-0.25, -0.2) is 4.98 Å². The van der Waals surface area contributed by atoms with Crippen molar-refractivity contribution in [1.29, 1.82) is 0 Å². The molecular formula is C42H24BN3O. The number of aromatic nitrogens is 3. The van der Waals surface area contributed by atoms with Crippen molar-refractivity contribution in [1.82, 2.24) is 14.0 Å². The van der Waals surface area contributed by atoms with Crippen molar-refractivity contribution in [2.75, 3.05) is 0 Å². The van der Waals surface area contributed by atoms with Crippen LogP contribution in [0, 0.1) is 0 Å². The number of para-hydroxylation sites is 4. The average molecular weight is 597 g/mol. The van der Waals surface area contributed by atoms with E-state index in [2.05, 4.69) is 155 Å². The summed E-state index contributed by atoms with van der Waals surface area (Å²) in [5, 5.41) is 2.51. The van der Waals surface area contributed by atoms with Gasteiger partial charge in [0.05, 0.1) is 27.5 Å². The summed E-state index contributed by atoms with van der Waals surface area (Å²) in [6.07, 6.45) is 0. The largest absolute Gasteiger partial charge is 0.457 e. The molecule has 3 aliphatic heterocycles. The van der Waals surface area contributed by atoms with E-state index >= 15 is 0 Å². The predicted molar refractivity (Wildman–Crippen MR) is 190 cm³/mol. The second-order valence-corrected chi connectivity index (χ2v) is 13.1. The van der Waals surface area contributed by atoms with E-state index < -0.39 is 5.41 Å². The molecule has 47 heavy (non-hydrogen) atoms. The Bertz CT molecular complexity index is 2820. The van der Waals surface area contributed by atoms with Crippen LogP contribution in [0.5, 0.6) is 11.5 Å². The lowest BCUT2D eigenvalue weighted by molar-refractivity contribution is 0.435. The van der Waals surface area contributed by atoms with Gasteiger partial charge in [0.15, 0.2) is 0 Å². The Kier molecular flexibility index (Phi) is 4.22. The lowest BCUT2D eigenvalue weighted by atomic mass is 9.29. The van der Waals surface area contributed by atoms with Crippen LogP contribution in [0.25, 0.3) is 44.3 Å². The molecule has 0 aliphatic carbocycles. The highest BCUT2D eigenvalue weighted by molar-refractivity contribution is 6.99. The van der Waals surface area contributed by atoms with E-state index in [-0.39, 0.29) is 6.71 Å². The molecular weight excluding hydrogens is 573 g/mol. The molecule has 0 saturated heterocycles. The van der Waals surface area contributed by atoms with E-state index in [9.17, 15) is 0 Å². The fourth-order valence-electron chi connectivity index (χ4n) is 9.41. The zero-order valence-corrected chi connectivity index (χ0v) is 25.2. The minimum Gasteiger partial charge on any atom is -0.457 e. The van der Waals surface area contributed by atoms with E-state index in [0.717, 1.165) is 28.3 Å². The molecule has 0 fully saturated rings. The first-order valence-corrected chi connectivity index (χ1v) is 16.3. The molecule has 9 aromatic rings. The number of imidazole rings is 1. The smallest absolute Gasteiger partial charge is 0.247 e. The zero-order chi connectivity index (χ0) is 30.4. The summed E-state index contributed by atoms with van der Waals surface area (Å²) in [6.45, 7) is 0.0600. The van der Waals surface area contributed by atoms with Gasteiger partial charge >= 0.3 is 0 Å². The van der Waals surface area contributed by atoms with Gasteiger partial charge in [-0.2, -0.15) is 0 Å². The number of nitrogens with zero attached hydrogens (tertiary/aromatic N) is 3. The second kappa shape index (κ2) is 8.20. The highest BCUT2D eigenvalue weighted by Gasteiger charge is 2.53. The fraction of sp³-hybridized carbons (Fsp3) is 0.0238. The van der Waals surface area contributed by atoms with Crippen molar-refractivity contribution in [2.45, 2.75) is 5.41 Å². The predicted octanol–water partition coefficient (Wildman–Crippen LogP) is 7.22. The van der Waals surface area contributed by atoms with Gasteiger partial charge in [0.1, 0.15) is 11.5 Å². The molecule has 0 bridgehead atoms. The Hall–Kier alpha value is -6.07. The van der Waals surface area contributed by atoms with E-state index in [0.29, 0.717) is 0 Å². The minimum atomic E-state index is -0.556. The third-order valence-electron chi connectivity index (χ3n) is 11.0. The first-order valence-electron chi connectivity index (χ1n) is 16.3. The molecule has 3 aliphatic rings. The maximum absolute atomic E-state index is 6.64. The molecule has 4 nitrogen and oxygen atoms in total. The molecule has 0 radical (unpaired) electrons. The van der Waals surface area contributed by atoms with Crippen LogP contribution < -0.4 is 21.1 Å². The molecule has 0 N–H and O–H groups in total. The third-order valence-corrected chi connectivity index (χ3v) is 11.0. The van der Waals surface area contributed by atoms with Gasteiger partial charge in [-0.15, -0.1) is 0 Å². The molecule has 5 heterocycles. The summed E-state index contributed by atoms with van der Waals surface area (Å²) < 4.78 is 11.5. The first kappa shape index (κ1) is 24.2. The quantitative estimate of drug-likeness (QED) is 0.173. The van der Waals surface area contributed by atoms with E-state index in [1.807, 2.05) is 0 Å². The molecule has 216 valence electrons. The molecule has 12 rings (SSSR count). The van der Waals surface area contributed by atoms with Crippen LogP contribution in [0.15, 0.2) is 146 Å². The van der Waals surface area contributed by atoms with Crippen LogP contribution in [0.4, 0.5) is 0 Å². The Morgan fingerprint density at radius 1 is 0.553 bits per heavy atom. The second-order valence-electron chi connectivity index (χ2n) is 13.1. The summed E-state index contributed by atoms with van der Waals surface area (Å²) in [6, 6.07) is 53.1. The number of ether oxygens (including phenoxy) is 1. The fourth-order valence-corrected chi connectivity index (χ4v) is 9.41. The summed E-state index contributed by atoms with van der Waals surface area (Å²) in [5.41, 5.74) is 14.1. The van der Waals surface area contributed by atoms with Crippen molar-refractivity contribution >= 4 is 61.7 Å². The Morgan fingerprint density at radius 3 is 2.09 bits per heavy atom. The number of hydrogen-bond acceptors (Lipinski definition) is 2. The molecule has 0 unspecified atom stereocenters. The highest BCUT2D eigenvalue weighted by atomic mass is 16.5. The van der Waals surface area contributed by atoms with E-state index in [4.69, 9.17) is 9.72 Å². The summed E-state index contributed by atoms with van der Waals surface area (Å²) >= 11 is 0. The van der Waals surface area contributed by atoms with Gasteiger partial charge in [-0.1, -0.05) is 115 Å². The molecule has 0 saturated carbocycles. The van der Waals surface area contributed by atoms with Crippen molar-refractivity contribution < 1.29 is 4.74 Å². The highest BCUT2D eigenvalue weighted by Crippen LogP contribution is 2.56. The van der Waals surface area contributed by atoms with Crippen molar-refractivity contribution in [3.8, 4) is 17.2 Å². The van der Waals surface area contributed by atoms with Crippen LogP contribution in [0.3, 0.4) is 0 Å². The van der Waals surface area contributed by atoms with Crippen molar-refractivity contribution in [3.05, 3.63) is 168 Å².